The van der Waals surface area contributed by atoms with Gasteiger partial charge in [-0.2, -0.15) is 4.98 Å². The average molecular weight is 315 g/mol. The van der Waals surface area contributed by atoms with E-state index in [1.54, 1.807) is 6.33 Å². The van der Waals surface area contributed by atoms with Crippen molar-refractivity contribution in [3.63, 3.8) is 0 Å². The normalized spacial score (nSPS) is 11.0. The van der Waals surface area contributed by atoms with Crippen molar-refractivity contribution in [2.24, 2.45) is 0 Å². The Morgan fingerprint density at radius 3 is 2.75 bits per heavy atom. The van der Waals surface area contributed by atoms with E-state index in [4.69, 9.17) is 4.98 Å². The highest BCUT2D eigenvalue weighted by Crippen LogP contribution is 2.31. The molecule has 2 heterocycles. The van der Waals surface area contributed by atoms with Crippen molar-refractivity contribution in [1.82, 2.24) is 19.6 Å². The molecule has 4 aromatic rings. The van der Waals surface area contributed by atoms with E-state index in [9.17, 15) is 0 Å². The fraction of sp³-hybridized carbons (Fsp3) is 0.105. The van der Waals surface area contributed by atoms with Crippen molar-refractivity contribution >= 4 is 34.3 Å². The largest absolute Gasteiger partial charge is 0.326 e. The maximum absolute atomic E-state index is 4.76. The number of para-hydroxylation sites is 1. The predicted molar refractivity (Wildman–Crippen MR) is 97.5 cm³/mol. The maximum atomic E-state index is 4.76. The molecule has 0 radical (unpaired) electrons. The summed E-state index contributed by atoms with van der Waals surface area (Å²) < 4.78 is 1.91. The van der Waals surface area contributed by atoms with Crippen LogP contribution in [0.4, 0.5) is 11.5 Å². The van der Waals surface area contributed by atoms with Crippen molar-refractivity contribution in [2.45, 2.75) is 6.92 Å². The number of aromatic nitrogens is 4. The minimum atomic E-state index is 0.591. The summed E-state index contributed by atoms with van der Waals surface area (Å²) in [6.45, 7) is 6.78. The molecule has 0 aliphatic heterocycles. The smallest absolute Gasteiger partial charge is 0.257 e. The molecule has 0 amide bonds. The number of hydrogen-bond donors (Lipinski definition) is 0. The van der Waals surface area contributed by atoms with E-state index in [0.29, 0.717) is 5.78 Å². The van der Waals surface area contributed by atoms with Gasteiger partial charge in [0, 0.05) is 17.6 Å². The van der Waals surface area contributed by atoms with Gasteiger partial charge in [0.2, 0.25) is 0 Å². The highest BCUT2D eigenvalue weighted by molar-refractivity contribution is 5.94. The van der Waals surface area contributed by atoms with Gasteiger partial charge in [0.15, 0.2) is 0 Å². The molecule has 0 atom stereocenters. The summed E-state index contributed by atoms with van der Waals surface area (Å²) in [6.07, 6.45) is 3.53. The summed E-state index contributed by atoms with van der Waals surface area (Å²) in [4.78, 5) is 6.94. The molecular formula is C19H17N5. The second-order valence-electron chi connectivity index (χ2n) is 5.50. The number of hydrogen-bond acceptors (Lipinski definition) is 4. The van der Waals surface area contributed by atoms with E-state index < -0.39 is 0 Å². The first-order valence-electron chi connectivity index (χ1n) is 7.90. The van der Waals surface area contributed by atoms with E-state index in [-0.39, 0.29) is 0 Å². The highest BCUT2D eigenvalue weighted by atomic mass is 15.3. The Morgan fingerprint density at radius 2 is 2.00 bits per heavy atom. The lowest BCUT2D eigenvalue weighted by atomic mass is 10.1. The van der Waals surface area contributed by atoms with Gasteiger partial charge in [-0.3, -0.25) is 4.40 Å². The molecule has 2 aromatic carbocycles. The second-order valence-corrected chi connectivity index (χ2v) is 5.50. The van der Waals surface area contributed by atoms with Crippen LogP contribution in [0.25, 0.3) is 22.8 Å². The van der Waals surface area contributed by atoms with Crippen molar-refractivity contribution in [3.05, 3.63) is 67.0 Å². The molecule has 4 rings (SSSR count). The zero-order valence-corrected chi connectivity index (χ0v) is 13.4. The Hall–Kier alpha value is -3.21. The highest BCUT2D eigenvalue weighted by Gasteiger charge is 2.16. The lowest BCUT2D eigenvalue weighted by Crippen LogP contribution is -2.18. The van der Waals surface area contributed by atoms with Crippen LogP contribution in [0.3, 0.4) is 0 Å². The SMILES string of the molecule is C=Cc1ccc2c(N(CC)c3ccccc3)nc3nncn3c2c1. The van der Waals surface area contributed by atoms with E-state index in [2.05, 4.69) is 58.9 Å². The lowest BCUT2D eigenvalue weighted by molar-refractivity contribution is 0.989. The van der Waals surface area contributed by atoms with Crippen LogP contribution in [0.1, 0.15) is 12.5 Å². The summed E-state index contributed by atoms with van der Waals surface area (Å²) in [5.41, 5.74) is 3.18. The summed E-state index contributed by atoms with van der Waals surface area (Å²) in [6, 6.07) is 16.5. The first-order valence-corrected chi connectivity index (χ1v) is 7.90. The summed E-state index contributed by atoms with van der Waals surface area (Å²) in [5.74, 6) is 1.47. The van der Waals surface area contributed by atoms with Crippen molar-refractivity contribution in [3.8, 4) is 0 Å². The molecule has 0 unspecified atom stereocenters. The summed E-state index contributed by atoms with van der Waals surface area (Å²) in [7, 11) is 0. The van der Waals surface area contributed by atoms with Gasteiger partial charge < -0.3 is 4.90 Å². The molecule has 2 aromatic heterocycles. The molecule has 5 heteroatoms. The second kappa shape index (κ2) is 5.77. The Kier molecular flexibility index (Phi) is 3.46. The number of nitrogens with zero attached hydrogens (tertiary/aromatic N) is 5. The van der Waals surface area contributed by atoms with Gasteiger partial charge in [-0.15, -0.1) is 10.2 Å². The van der Waals surface area contributed by atoms with Crippen molar-refractivity contribution < 1.29 is 0 Å². The van der Waals surface area contributed by atoms with Gasteiger partial charge in [-0.1, -0.05) is 36.9 Å². The molecule has 0 aliphatic rings. The third kappa shape index (κ3) is 2.22. The minimum absolute atomic E-state index is 0.591. The molecule has 24 heavy (non-hydrogen) atoms. The van der Waals surface area contributed by atoms with Crippen LogP contribution in [0.2, 0.25) is 0 Å². The quantitative estimate of drug-likeness (QED) is 0.569. The van der Waals surface area contributed by atoms with E-state index in [1.807, 2.05) is 28.7 Å². The first-order chi connectivity index (χ1) is 11.8. The zero-order valence-electron chi connectivity index (χ0n) is 13.4. The lowest BCUT2D eigenvalue weighted by Gasteiger charge is -2.23. The Bertz CT molecular complexity index is 1020. The molecule has 0 saturated heterocycles. The topological polar surface area (TPSA) is 46.3 Å². The fourth-order valence-electron chi connectivity index (χ4n) is 2.96. The van der Waals surface area contributed by atoms with Crippen LogP contribution < -0.4 is 4.90 Å². The van der Waals surface area contributed by atoms with E-state index in [0.717, 1.165) is 34.5 Å². The Balaban J connectivity index is 2.04. The molecule has 0 fully saturated rings. The zero-order chi connectivity index (χ0) is 16.5. The molecule has 0 aliphatic carbocycles. The van der Waals surface area contributed by atoms with Crippen LogP contribution in [-0.4, -0.2) is 26.1 Å². The molecule has 5 nitrogen and oxygen atoms in total. The third-order valence-corrected chi connectivity index (χ3v) is 4.13. The third-order valence-electron chi connectivity index (χ3n) is 4.13. The number of fused-ring (bicyclic) bond motifs is 3. The van der Waals surface area contributed by atoms with Crippen LogP contribution in [0, 0.1) is 0 Å². The number of rotatable bonds is 4. The summed E-state index contributed by atoms with van der Waals surface area (Å²) in [5, 5.41) is 9.21. The average Bonchev–Trinajstić information content (AvgIpc) is 3.11. The molecule has 0 bridgehead atoms. The predicted octanol–water partition coefficient (Wildman–Crippen LogP) is 4.08. The van der Waals surface area contributed by atoms with E-state index >= 15 is 0 Å². The van der Waals surface area contributed by atoms with Crippen LogP contribution in [-0.2, 0) is 0 Å². The molecule has 0 spiro atoms. The molecular weight excluding hydrogens is 298 g/mol. The van der Waals surface area contributed by atoms with Gasteiger partial charge in [0.25, 0.3) is 5.78 Å². The van der Waals surface area contributed by atoms with Crippen LogP contribution in [0.5, 0.6) is 0 Å². The standard InChI is InChI=1S/C19H17N5/c1-3-14-10-11-16-17(12-14)24-13-20-22-19(24)21-18(16)23(4-2)15-8-6-5-7-9-15/h3,5-13H,1,4H2,2H3. The monoisotopic (exact) mass is 315 g/mol. The van der Waals surface area contributed by atoms with Crippen LogP contribution >= 0.6 is 0 Å². The number of anilines is 2. The van der Waals surface area contributed by atoms with Crippen molar-refractivity contribution in [2.75, 3.05) is 11.4 Å². The summed E-state index contributed by atoms with van der Waals surface area (Å²) >= 11 is 0. The molecule has 118 valence electrons. The van der Waals surface area contributed by atoms with Crippen molar-refractivity contribution in [1.29, 1.82) is 0 Å². The van der Waals surface area contributed by atoms with Gasteiger partial charge in [-0.25, -0.2) is 0 Å². The Labute approximate surface area is 139 Å². The van der Waals surface area contributed by atoms with Gasteiger partial charge in [0.05, 0.1) is 5.52 Å². The first kappa shape index (κ1) is 14.4. The minimum Gasteiger partial charge on any atom is -0.326 e. The fourth-order valence-corrected chi connectivity index (χ4v) is 2.96. The van der Waals surface area contributed by atoms with E-state index in [1.165, 1.54) is 0 Å². The molecule has 0 saturated carbocycles. The van der Waals surface area contributed by atoms with Gasteiger partial charge in [-0.05, 0) is 36.8 Å². The molecule has 0 N–H and O–H groups in total. The van der Waals surface area contributed by atoms with Crippen LogP contribution in [0.15, 0.2) is 61.4 Å². The van der Waals surface area contributed by atoms with Gasteiger partial charge >= 0.3 is 0 Å². The maximum Gasteiger partial charge on any atom is 0.257 e. The van der Waals surface area contributed by atoms with Gasteiger partial charge in [0.1, 0.15) is 12.1 Å². The number of benzene rings is 2. The Morgan fingerprint density at radius 1 is 1.17 bits per heavy atom.